The van der Waals surface area contributed by atoms with Crippen molar-refractivity contribution in [1.82, 2.24) is 10.2 Å². The number of rotatable bonds is 3. The zero-order valence-electron chi connectivity index (χ0n) is 6.12. The molecule has 1 saturated heterocycles. The lowest BCUT2D eigenvalue weighted by atomic mass is 10.2. The van der Waals surface area contributed by atoms with Crippen molar-refractivity contribution in [2.75, 3.05) is 19.8 Å². The summed E-state index contributed by atoms with van der Waals surface area (Å²) in [6.45, 7) is 3.10. The predicted octanol–water partition coefficient (Wildman–Crippen LogP) is -1.45. The smallest absolute Gasteiger partial charge is 0.0861 e. The van der Waals surface area contributed by atoms with E-state index in [0.717, 1.165) is 6.54 Å². The number of nitrogens with one attached hydrogen (secondary N) is 1. The Morgan fingerprint density at radius 3 is 2.10 bits per heavy atom. The van der Waals surface area contributed by atoms with Crippen LogP contribution >= 0.6 is 0 Å². The number of hydrogen-bond donors (Lipinski definition) is 3. The second-order valence-corrected chi connectivity index (χ2v) is 2.39. The maximum Gasteiger partial charge on any atom is 0.0861 e. The highest BCUT2D eigenvalue weighted by Crippen LogP contribution is 2.11. The molecule has 0 bridgehead atoms. The summed E-state index contributed by atoms with van der Waals surface area (Å²) in [4.78, 5) is 2.01. The van der Waals surface area contributed by atoms with Crippen molar-refractivity contribution in [3.05, 3.63) is 0 Å². The van der Waals surface area contributed by atoms with Crippen molar-refractivity contribution in [3.63, 3.8) is 0 Å². The van der Waals surface area contributed by atoms with Gasteiger partial charge in [0.05, 0.1) is 25.5 Å². The van der Waals surface area contributed by atoms with Crippen LogP contribution in [0.2, 0.25) is 0 Å². The van der Waals surface area contributed by atoms with E-state index in [1.54, 1.807) is 0 Å². The molecule has 0 saturated carbocycles. The second-order valence-electron chi connectivity index (χ2n) is 2.39. The van der Waals surface area contributed by atoms with Gasteiger partial charge >= 0.3 is 0 Å². The van der Waals surface area contributed by atoms with Gasteiger partial charge in [-0.3, -0.25) is 10.2 Å². The summed E-state index contributed by atoms with van der Waals surface area (Å²) in [5.74, 6) is 0. The Kier molecular flexibility index (Phi) is 2.62. The van der Waals surface area contributed by atoms with Gasteiger partial charge in [-0.1, -0.05) is 6.92 Å². The molecule has 0 aromatic rings. The lowest BCUT2D eigenvalue weighted by Gasteiger charge is -2.47. The first kappa shape index (κ1) is 7.94. The predicted molar refractivity (Wildman–Crippen MR) is 37.3 cm³/mol. The lowest BCUT2D eigenvalue weighted by Crippen LogP contribution is -2.71. The molecule has 0 aromatic heterocycles. The van der Waals surface area contributed by atoms with E-state index in [4.69, 9.17) is 10.2 Å². The average molecular weight is 146 g/mol. The van der Waals surface area contributed by atoms with Crippen LogP contribution in [0.25, 0.3) is 0 Å². The van der Waals surface area contributed by atoms with E-state index in [0.29, 0.717) is 0 Å². The largest absolute Gasteiger partial charge is 0.393 e. The topological polar surface area (TPSA) is 55.7 Å². The first-order valence-electron chi connectivity index (χ1n) is 3.57. The van der Waals surface area contributed by atoms with Crippen LogP contribution < -0.4 is 5.32 Å². The Labute approximate surface area is 60.5 Å². The fourth-order valence-electron chi connectivity index (χ4n) is 1.30. The third kappa shape index (κ3) is 1.15. The molecule has 2 unspecified atom stereocenters. The quantitative estimate of drug-likeness (QED) is 0.456. The highest BCUT2D eigenvalue weighted by atomic mass is 16.3. The molecular weight excluding hydrogens is 132 g/mol. The van der Waals surface area contributed by atoms with Gasteiger partial charge in [-0.05, 0) is 6.54 Å². The fraction of sp³-hybridized carbons (Fsp3) is 1.00. The minimum Gasteiger partial charge on any atom is -0.393 e. The van der Waals surface area contributed by atoms with E-state index >= 15 is 0 Å². The number of aliphatic hydroxyl groups excluding tert-OH is 2. The Morgan fingerprint density at radius 2 is 1.80 bits per heavy atom. The van der Waals surface area contributed by atoms with Crippen LogP contribution in [0.4, 0.5) is 0 Å². The van der Waals surface area contributed by atoms with E-state index in [-0.39, 0.29) is 25.5 Å². The van der Waals surface area contributed by atoms with Gasteiger partial charge in [0.2, 0.25) is 0 Å². The van der Waals surface area contributed by atoms with E-state index < -0.39 is 0 Å². The summed E-state index contributed by atoms with van der Waals surface area (Å²) in [6.07, 6.45) is 0.115. The van der Waals surface area contributed by atoms with Crippen LogP contribution in [0.5, 0.6) is 0 Å². The molecule has 0 aliphatic carbocycles. The zero-order chi connectivity index (χ0) is 7.56. The van der Waals surface area contributed by atoms with Crippen molar-refractivity contribution in [1.29, 1.82) is 0 Å². The summed E-state index contributed by atoms with van der Waals surface area (Å²) in [5, 5.41) is 20.4. The summed E-state index contributed by atoms with van der Waals surface area (Å²) >= 11 is 0. The van der Waals surface area contributed by atoms with E-state index in [2.05, 4.69) is 5.32 Å². The van der Waals surface area contributed by atoms with Gasteiger partial charge in [-0.2, -0.15) is 0 Å². The monoisotopic (exact) mass is 146 g/mol. The third-order valence-electron chi connectivity index (χ3n) is 1.90. The molecule has 1 aliphatic rings. The molecule has 1 fully saturated rings. The zero-order valence-corrected chi connectivity index (χ0v) is 6.12. The molecule has 2 atom stereocenters. The van der Waals surface area contributed by atoms with Gasteiger partial charge in [-0.25, -0.2) is 0 Å². The Bertz CT molecular complexity index is 99.9. The molecule has 1 rings (SSSR count). The maximum absolute atomic E-state index is 8.72. The number of hydrogen-bond acceptors (Lipinski definition) is 4. The van der Waals surface area contributed by atoms with E-state index in [9.17, 15) is 0 Å². The molecule has 1 heterocycles. The molecule has 4 heteroatoms. The molecule has 10 heavy (non-hydrogen) atoms. The molecule has 1 aliphatic heterocycles. The number of nitrogens with zero attached hydrogens (tertiary/aromatic N) is 1. The van der Waals surface area contributed by atoms with Crippen LogP contribution in [0.3, 0.4) is 0 Å². The van der Waals surface area contributed by atoms with Gasteiger partial charge in [-0.15, -0.1) is 0 Å². The van der Waals surface area contributed by atoms with Crippen molar-refractivity contribution in [3.8, 4) is 0 Å². The van der Waals surface area contributed by atoms with Crippen molar-refractivity contribution >= 4 is 0 Å². The van der Waals surface area contributed by atoms with Gasteiger partial charge < -0.3 is 10.2 Å². The minimum atomic E-state index is 0.0575. The molecule has 0 radical (unpaired) electrons. The molecule has 0 spiro atoms. The SMILES string of the molecule is CCN1C(CO)NC1CO. The molecule has 3 N–H and O–H groups in total. The Hall–Kier alpha value is -0.160. The molecular formula is C6H14N2O2. The average Bonchev–Trinajstić information content (AvgIpc) is 1.89. The van der Waals surface area contributed by atoms with Crippen molar-refractivity contribution in [2.45, 2.75) is 19.3 Å². The number of likely N-dealkylation sites (N-methyl/N-ethyl adjacent to an activating group) is 1. The lowest BCUT2D eigenvalue weighted by molar-refractivity contribution is -0.0726. The molecule has 4 nitrogen and oxygen atoms in total. The fourth-order valence-corrected chi connectivity index (χ4v) is 1.30. The van der Waals surface area contributed by atoms with Crippen molar-refractivity contribution in [2.24, 2.45) is 0 Å². The summed E-state index contributed by atoms with van der Waals surface area (Å²) in [6, 6.07) is 0. The van der Waals surface area contributed by atoms with Crippen LogP contribution in [0, 0.1) is 0 Å². The molecule has 60 valence electrons. The van der Waals surface area contributed by atoms with Crippen LogP contribution in [0.1, 0.15) is 6.92 Å². The van der Waals surface area contributed by atoms with Crippen molar-refractivity contribution < 1.29 is 10.2 Å². The van der Waals surface area contributed by atoms with Gasteiger partial charge in [0.1, 0.15) is 0 Å². The van der Waals surface area contributed by atoms with E-state index in [1.807, 2.05) is 11.8 Å². The van der Waals surface area contributed by atoms with Gasteiger partial charge in [0.25, 0.3) is 0 Å². The first-order valence-corrected chi connectivity index (χ1v) is 3.57. The Morgan fingerprint density at radius 1 is 1.30 bits per heavy atom. The normalized spacial score (nSPS) is 33.9. The molecule has 0 amide bonds. The van der Waals surface area contributed by atoms with Gasteiger partial charge in [0.15, 0.2) is 0 Å². The van der Waals surface area contributed by atoms with Crippen LogP contribution in [-0.4, -0.2) is 47.2 Å². The summed E-state index contributed by atoms with van der Waals surface area (Å²) < 4.78 is 0. The maximum atomic E-state index is 8.72. The standard InChI is InChI=1S/C6H14N2O2/c1-2-8-5(3-9)7-6(8)4-10/h5-7,9-10H,2-4H2,1H3. The summed E-state index contributed by atoms with van der Waals surface area (Å²) in [5.41, 5.74) is 0. The van der Waals surface area contributed by atoms with Crippen LogP contribution in [-0.2, 0) is 0 Å². The van der Waals surface area contributed by atoms with Crippen LogP contribution in [0.15, 0.2) is 0 Å². The molecule has 0 aromatic carbocycles. The number of aliphatic hydroxyl groups is 2. The first-order chi connectivity index (χ1) is 4.83. The third-order valence-corrected chi connectivity index (χ3v) is 1.90. The van der Waals surface area contributed by atoms with Gasteiger partial charge in [0, 0.05) is 0 Å². The van der Waals surface area contributed by atoms with E-state index in [1.165, 1.54) is 0 Å². The summed E-state index contributed by atoms with van der Waals surface area (Å²) in [7, 11) is 0. The highest BCUT2D eigenvalue weighted by Gasteiger charge is 2.34. The Balaban J connectivity index is 2.30. The minimum absolute atomic E-state index is 0.0575. The highest BCUT2D eigenvalue weighted by molar-refractivity contribution is 4.85. The second kappa shape index (κ2) is 3.30.